The fourth-order valence-corrected chi connectivity index (χ4v) is 4.42. The van der Waals surface area contributed by atoms with E-state index in [1.165, 1.54) is 0 Å². The normalized spacial score (nSPS) is 19.0. The lowest BCUT2D eigenvalue weighted by Gasteiger charge is -2.34. The first-order chi connectivity index (χ1) is 13.9. The van der Waals surface area contributed by atoms with E-state index in [4.69, 9.17) is 4.74 Å². The maximum atomic E-state index is 13.7. The highest BCUT2D eigenvalue weighted by molar-refractivity contribution is 9.10. The number of anilines is 1. The highest BCUT2D eigenvalue weighted by atomic mass is 79.9. The maximum absolute atomic E-state index is 13.7. The molecule has 2 aromatic carbocycles. The lowest BCUT2D eigenvalue weighted by atomic mass is 9.66. The summed E-state index contributed by atoms with van der Waals surface area (Å²) in [5.74, 6) is -1.24. The summed E-state index contributed by atoms with van der Waals surface area (Å²) in [6.07, 6.45) is -0.469. The number of nitro groups is 1. The van der Waals surface area contributed by atoms with Crippen molar-refractivity contribution in [3.05, 3.63) is 74.2 Å². The van der Waals surface area contributed by atoms with Crippen LogP contribution in [0.2, 0.25) is 0 Å². The highest BCUT2D eigenvalue weighted by Gasteiger charge is 2.58. The smallest absolute Gasteiger partial charge is 0.421 e. The van der Waals surface area contributed by atoms with Crippen molar-refractivity contribution >= 4 is 33.6 Å². The van der Waals surface area contributed by atoms with Crippen molar-refractivity contribution in [2.75, 3.05) is 18.1 Å². The average molecular weight is 461 g/mol. The zero-order valence-electron chi connectivity index (χ0n) is 16.1. The zero-order valence-corrected chi connectivity index (χ0v) is 17.7. The summed E-state index contributed by atoms with van der Waals surface area (Å²) in [6, 6.07) is 14.1. The second-order valence-electron chi connectivity index (χ2n) is 6.80. The van der Waals surface area contributed by atoms with E-state index in [1.54, 1.807) is 55.5 Å². The summed E-state index contributed by atoms with van der Waals surface area (Å²) in [5.41, 5.74) is 0.448. The third kappa shape index (κ3) is 3.53. The van der Waals surface area contributed by atoms with Gasteiger partial charge in [0.25, 0.3) is 0 Å². The number of para-hydroxylation sites is 1. The molecule has 0 N–H and O–H groups in total. The second-order valence-corrected chi connectivity index (χ2v) is 7.72. The molecule has 3 rings (SSSR count). The predicted octanol–water partition coefficient (Wildman–Crippen LogP) is 4.66. The van der Waals surface area contributed by atoms with Crippen molar-refractivity contribution in [1.82, 2.24) is 0 Å². The van der Waals surface area contributed by atoms with Gasteiger partial charge < -0.3 is 4.74 Å². The lowest BCUT2D eigenvalue weighted by molar-refractivity contribution is -0.485. The Morgan fingerprint density at radius 1 is 1.21 bits per heavy atom. The molecule has 0 bridgehead atoms. The van der Waals surface area contributed by atoms with E-state index in [0.29, 0.717) is 23.2 Å². The van der Waals surface area contributed by atoms with Crippen molar-refractivity contribution in [2.24, 2.45) is 0 Å². The molecule has 2 aromatic rings. The Morgan fingerprint density at radius 2 is 1.86 bits per heavy atom. The number of hydrogen-bond donors (Lipinski definition) is 0. The molecule has 0 aromatic heterocycles. The Bertz CT molecular complexity index is 946. The largest absolute Gasteiger partial charge is 0.449 e. The van der Waals surface area contributed by atoms with Crippen molar-refractivity contribution < 1.29 is 19.2 Å². The molecular weight excluding hydrogens is 440 g/mol. The Hall–Kier alpha value is -2.74. The molecule has 1 heterocycles. The molecule has 2 amide bonds. The van der Waals surface area contributed by atoms with Crippen molar-refractivity contribution in [3.8, 4) is 0 Å². The van der Waals surface area contributed by atoms with Gasteiger partial charge in [-0.1, -0.05) is 53.2 Å². The fourth-order valence-electron chi connectivity index (χ4n) is 4.15. The Morgan fingerprint density at radius 3 is 2.45 bits per heavy atom. The first-order valence-electron chi connectivity index (χ1n) is 9.34. The summed E-state index contributed by atoms with van der Waals surface area (Å²) >= 11 is 3.37. The van der Waals surface area contributed by atoms with E-state index in [2.05, 4.69) is 15.9 Å². The molecule has 0 saturated heterocycles. The van der Waals surface area contributed by atoms with Crippen LogP contribution >= 0.6 is 15.9 Å². The molecule has 0 fully saturated rings. The van der Waals surface area contributed by atoms with Crippen LogP contribution in [0.4, 0.5) is 10.5 Å². The van der Waals surface area contributed by atoms with Gasteiger partial charge in [0.2, 0.25) is 12.5 Å². The first kappa shape index (κ1) is 21.0. The van der Waals surface area contributed by atoms with E-state index < -0.39 is 34.8 Å². The zero-order chi connectivity index (χ0) is 21.2. The molecule has 0 spiro atoms. The molecule has 8 heteroatoms. The van der Waals surface area contributed by atoms with Gasteiger partial charge in [-0.05, 0) is 42.7 Å². The molecule has 2 atom stereocenters. The number of hydrogen-bond acceptors (Lipinski definition) is 5. The number of fused-ring (bicyclic) bond motifs is 1. The standard InChI is InChI=1S/C21H21BrN2O5/c1-3-21(17(13-23(27)28)14-9-11-15(22)12-10-14)16-7-5-6-8-18(16)24(19(21)25)20(26)29-4-2/h5-12,17H,3-4,13H2,1-2H3/t17-,21-/m1/s1. The molecule has 29 heavy (non-hydrogen) atoms. The molecule has 0 saturated carbocycles. The molecule has 0 unspecified atom stereocenters. The van der Waals surface area contributed by atoms with E-state index in [0.717, 1.165) is 9.37 Å². The lowest BCUT2D eigenvalue weighted by Crippen LogP contribution is -2.48. The number of benzene rings is 2. The predicted molar refractivity (Wildman–Crippen MR) is 112 cm³/mol. The van der Waals surface area contributed by atoms with Crippen LogP contribution in [0.3, 0.4) is 0 Å². The number of carbonyl (C=O) groups is 2. The molecule has 0 radical (unpaired) electrons. The quantitative estimate of drug-likeness (QED) is 0.461. The molecular formula is C21H21BrN2O5. The fraction of sp³-hybridized carbons (Fsp3) is 0.333. The number of carbonyl (C=O) groups excluding carboxylic acids is 2. The van der Waals surface area contributed by atoms with Gasteiger partial charge >= 0.3 is 6.09 Å². The van der Waals surface area contributed by atoms with Crippen LogP contribution in [-0.4, -0.2) is 30.1 Å². The minimum Gasteiger partial charge on any atom is -0.449 e. The molecule has 152 valence electrons. The highest BCUT2D eigenvalue weighted by Crippen LogP contribution is 2.52. The Balaban J connectivity index is 2.23. The monoisotopic (exact) mass is 460 g/mol. The van der Waals surface area contributed by atoms with Crippen LogP contribution in [0.25, 0.3) is 0 Å². The molecule has 7 nitrogen and oxygen atoms in total. The van der Waals surface area contributed by atoms with Gasteiger partial charge in [-0.15, -0.1) is 0 Å². The van der Waals surface area contributed by atoms with Crippen molar-refractivity contribution in [2.45, 2.75) is 31.6 Å². The van der Waals surface area contributed by atoms with E-state index in [1.807, 2.05) is 6.92 Å². The minimum atomic E-state index is -1.25. The van der Waals surface area contributed by atoms with Crippen LogP contribution in [-0.2, 0) is 14.9 Å². The number of ether oxygens (including phenoxy) is 1. The van der Waals surface area contributed by atoms with Crippen LogP contribution in [0.5, 0.6) is 0 Å². The summed E-state index contributed by atoms with van der Waals surface area (Å²) in [6.45, 7) is 3.16. The van der Waals surface area contributed by atoms with Crippen LogP contribution in [0.15, 0.2) is 53.0 Å². The minimum absolute atomic E-state index is 0.120. The topological polar surface area (TPSA) is 89.8 Å². The van der Waals surface area contributed by atoms with Crippen molar-refractivity contribution in [1.29, 1.82) is 0 Å². The summed E-state index contributed by atoms with van der Waals surface area (Å²) in [7, 11) is 0. The second kappa shape index (κ2) is 8.32. The van der Waals surface area contributed by atoms with E-state index in [-0.39, 0.29) is 6.61 Å². The Kier molecular flexibility index (Phi) is 6.02. The molecule has 1 aliphatic heterocycles. The van der Waals surface area contributed by atoms with E-state index in [9.17, 15) is 19.7 Å². The number of imide groups is 1. The first-order valence-corrected chi connectivity index (χ1v) is 10.1. The van der Waals surface area contributed by atoms with Gasteiger partial charge in [-0.3, -0.25) is 14.9 Å². The number of nitrogens with zero attached hydrogens (tertiary/aromatic N) is 2. The van der Waals surface area contributed by atoms with Gasteiger partial charge in [-0.25, -0.2) is 9.69 Å². The summed E-state index contributed by atoms with van der Waals surface area (Å²) < 4.78 is 5.93. The number of rotatable bonds is 6. The van der Waals surface area contributed by atoms with Gasteiger partial charge in [0.05, 0.1) is 23.6 Å². The van der Waals surface area contributed by atoms with Crippen molar-refractivity contribution in [3.63, 3.8) is 0 Å². The van der Waals surface area contributed by atoms with Crippen LogP contribution < -0.4 is 4.90 Å². The van der Waals surface area contributed by atoms with E-state index >= 15 is 0 Å². The van der Waals surface area contributed by atoms with Crippen LogP contribution in [0.1, 0.15) is 37.3 Å². The summed E-state index contributed by atoms with van der Waals surface area (Å²) in [4.78, 5) is 38.5. The van der Waals surface area contributed by atoms with Crippen LogP contribution in [0, 0.1) is 10.1 Å². The summed E-state index contributed by atoms with van der Waals surface area (Å²) in [5, 5.41) is 11.6. The third-order valence-electron chi connectivity index (χ3n) is 5.42. The van der Waals surface area contributed by atoms with Gasteiger partial charge in [0.15, 0.2) is 0 Å². The number of halogens is 1. The molecule has 1 aliphatic rings. The van der Waals surface area contributed by atoms with Gasteiger partial charge in [-0.2, -0.15) is 0 Å². The maximum Gasteiger partial charge on any atom is 0.421 e. The third-order valence-corrected chi connectivity index (χ3v) is 5.95. The average Bonchev–Trinajstić information content (AvgIpc) is 2.95. The number of amides is 2. The Labute approximate surface area is 176 Å². The SMILES string of the molecule is CCOC(=O)N1C(=O)[C@@](CC)([C@H](C[N+](=O)[O-])c2ccc(Br)cc2)c2ccccc21. The molecule has 0 aliphatic carbocycles. The van der Waals surface area contributed by atoms with Gasteiger partial charge in [0, 0.05) is 9.40 Å². The van der Waals surface area contributed by atoms with Gasteiger partial charge in [0.1, 0.15) is 0 Å².